The number of ether oxygens (including phenoxy) is 1. The SMILES string of the molecule is CCCCOc1ccc(C(=O)N(C)C(C)CN)cc1. The van der Waals surface area contributed by atoms with Gasteiger partial charge in [0.2, 0.25) is 0 Å². The van der Waals surface area contributed by atoms with Crippen LogP contribution in [-0.2, 0) is 0 Å². The van der Waals surface area contributed by atoms with E-state index in [-0.39, 0.29) is 11.9 Å². The maximum absolute atomic E-state index is 12.1. The van der Waals surface area contributed by atoms with Crippen molar-refractivity contribution in [2.75, 3.05) is 20.2 Å². The largest absolute Gasteiger partial charge is 0.494 e. The molecule has 0 aromatic heterocycles. The highest BCUT2D eigenvalue weighted by atomic mass is 16.5. The summed E-state index contributed by atoms with van der Waals surface area (Å²) in [6, 6.07) is 7.30. The molecular formula is C15H24N2O2. The number of carbonyl (C=O) groups is 1. The molecular weight excluding hydrogens is 240 g/mol. The number of carbonyl (C=O) groups excluding carboxylic acids is 1. The van der Waals surface area contributed by atoms with Crippen molar-refractivity contribution in [3.63, 3.8) is 0 Å². The van der Waals surface area contributed by atoms with Gasteiger partial charge in [-0.25, -0.2) is 0 Å². The molecule has 2 N–H and O–H groups in total. The van der Waals surface area contributed by atoms with Gasteiger partial charge in [-0.05, 0) is 37.6 Å². The summed E-state index contributed by atoms with van der Waals surface area (Å²) >= 11 is 0. The Labute approximate surface area is 115 Å². The maximum Gasteiger partial charge on any atom is 0.253 e. The first-order valence-electron chi connectivity index (χ1n) is 6.80. The zero-order valence-electron chi connectivity index (χ0n) is 12.1. The smallest absolute Gasteiger partial charge is 0.253 e. The van der Waals surface area contributed by atoms with Gasteiger partial charge in [-0.1, -0.05) is 13.3 Å². The second kappa shape index (κ2) is 7.79. The normalized spacial score (nSPS) is 12.0. The number of rotatable bonds is 7. The van der Waals surface area contributed by atoms with Gasteiger partial charge in [-0.2, -0.15) is 0 Å². The average Bonchev–Trinajstić information content (AvgIpc) is 2.46. The molecule has 1 aromatic rings. The van der Waals surface area contributed by atoms with Gasteiger partial charge in [0.15, 0.2) is 0 Å². The fourth-order valence-corrected chi connectivity index (χ4v) is 1.59. The third kappa shape index (κ3) is 4.56. The van der Waals surface area contributed by atoms with Crippen LogP contribution in [0.25, 0.3) is 0 Å². The van der Waals surface area contributed by atoms with E-state index >= 15 is 0 Å². The molecule has 4 heteroatoms. The molecule has 0 fully saturated rings. The predicted molar refractivity (Wildman–Crippen MR) is 77.5 cm³/mol. The number of nitrogens with two attached hydrogens (primary N) is 1. The van der Waals surface area contributed by atoms with E-state index in [1.54, 1.807) is 24.1 Å². The van der Waals surface area contributed by atoms with Crippen molar-refractivity contribution in [3.05, 3.63) is 29.8 Å². The number of likely N-dealkylation sites (N-methyl/N-ethyl adjacent to an activating group) is 1. The van der Waals surface area contributed by atoms with E-state index in [1.165, 1.54) is 0 Å². The summed E-state index contributed by atoms with van der Waals surface area (Å²) in [7, 11) is 1.77. The van der Waals surface area contributed by atoms with Gasteiger partial charge in [0.1, 0.15) is 5.75 Å². The van der Waals surface area contributed by atoms with Crippen LogP contribution in [0, 0.1) is 0 Å². The van der Waals surface area contributed by atoms with E-state index in [0.29, 0.717) is 18.7 Å². The highest BCUT2D eigenvalue weighted by molar-refractivity contribution is 5.94. The minimum atomic E-state index is -0.0157. The minimum Gasteiger partial charge on any atom is -0.494 e. The molecule has 0 radical (unpaired) electrons. The Hall–Kier alpha value is -1.55. The van der Waals surface area contributed by atoms with Crippen molar-refractivity contribution in [1.82, 2.24) is 4.90 Å². The molecule has 0 spiro atoms. The standard InChI is InChI=1S/C15H24N2O2/c1-4-5-10-19-14-8-6-13(7-9-14)15(18)17(3)12(2)11-16/h6-9,12H,4-5,10-11,16H2,1-3H3. The number of amides is 1. The summed E-state index contributed by atoms with van der Waals surface area (Å²) in [6.45, 7) is 5.23. The van der Waals surface area contributed by atoms with Crippen molar-refractivity contribution in [1.29, 1.82) is 0 Å². The molecule has 0 heterocycles. The van der Waals surface area contributed by atoms with Crippen molar-refractivity contribution in [3.8, 4) is 5.75 Å². The summed E-state index contributed by atoms with van der Waals surface area (Å²) in [5, 5.41) is 0. The third-order valence-electron chi connectivity index (χ3n) is 3.19. The number of benzene rings is 1. The van der Waals surface area contributed by atoms with Gasteiger partial charge in [-0.15, -0.1) is 0 Å². The molecule has 19 heavy (non-hydrogen) atoms. The number of hydrogen-bond acceptors (Lipinski definition) is 3. The molecule has 4 nitrogen and oxygen atoms in total. The van der Waals surface area contributed by atoms with Crippen LogP contribution in [0.1, 0.15) is 37.0 Å². The van der Waals surface area contributed by atoms with E-state index < -0.39 is 0 Å². The molecule has 106 valence electrons. The number of nitrogens with zero attached hydrogens (tertiary/aromatic N) is 1. The molecule has 0 aliphatic rings. The molecule has 0 saturated carbocycles. The average molecular weight is 264 g/mol. The van der Waals surface area contributed by atoms with Crippen molar-refractivity contribution < 1.29 is 9.53 Å². The Morgan fingerprint density at radius 1 is 1.37 bits per heavy atom. The highest BCUT2D eigenvalue weighted by Gasteiger charge is 2.16. The van der Waals surface area contributed by atoms with Crippen LogP contribution in [0.3, 0.4) is 0 Å². The van der Waals surface area contributed by atoms with Crippen LogP contribution in [0.5, 0.6) is 5.75 Å². The molecule has 1 rings (SSSR count). The topological polar surface area (TPSA) is 55.6 Å². The molecule has 0 aliphatic heterocycles. The van der Waals surface area contributed by atoms with Crippen molar-refractivity contribution >= 4 is 5.91 Å². The zero-order valence-corrected chi connectivity index (χ0v) is 12.1. The van der Waals surface area contributed by atoms with Crippen LogP contribution in [0.4, 0.5) is 0 Å². The summed E-state index contributed by atoms with van der Waals surface area (Å²) in [5.41, 5.74) is 6.23. The summed E-state index contributed by atoms with van der Waals surface area (Å²) in [6.07, 6.45) is 2.15. The van der Waals surface area contributed by atoms with Crippen molar-refractivity contribution in [2.45, 2.75) is 32.7 Å². The lowest BCUT2D eigenvalue weighted by atomic mass is 10.1. The first-order chi connectivity index (χ1) is 9.10. The van der Waals surface area contributed by atoms with Crippen LogP contribution in [-0.4, -0.2) is 37.0 Å². The minimum absolute atomic E-state index is 0.0157. The van der Waals surface area contributed by atoms with E-state index in [9.17, 15) is 4.79 Å². The summed E-state index contributed by atoms with van der Waals surface area (Å²) < 4.78 is 5.57. The first-order valence-corrected chi connectivity index (χ1v) is 6.80. The van der Waals surface area contributed by atoms with Crippen LogP contribution >= 0.6 is 0 Å². The van der Waals surface area contributed by atoms with Gasteiger partial charge in [0.25, 0.3) is 5.91 Å². The van der Waals surface area contributed by atoms with Crippen LogP contribution < -0.4 is 10.5 Å². The van der Waals surface area contributed by atoms with Crippen molar-refractivity contribution in [2.24, 2.45) is 5.73 Å². The fourth-order valence-electron chi connectivity index (χ4n) is 1.59. The zero-order chi connectivity index (χ0) is 14.3. The monoisotopic (exact) mass is 264 g/mol. The lowest BCUT2D eigenvalue weighted by Crippen LogP contribution is -2.39. The van der Waals surface area contributed by atoms with E-state index in [0.717, 1.165) is 18.6 Å². The molecule has 0 bridgehead atoms. The van der Waals surface area contributed by atoms with E-state index in [4.69, 9.17) is 10.5 Å². The summed E-state index contributed by atoms with van der Waals surface area (Å²) in [4.78, 5) is 13.8. The first kappa shape index (κ1) is 15.5. The third-order valence-corrected chi connectivity index (χ3v) is 3.19. The Bertz CT molecular complexity index is 390. The molecule has 1 unspecified atom stereocenters. The Balaban J connectivity index is 2.62. The fraction of sp³-hybridized carbons (Fsp3) is 0.533. The Morgan fingerprint density at radius 3 is 2.53 bits per heavy atom. The summed E-state index contributed by atoms with van der Waals surface area (Å²) in [5.74, 6) is 0.789. The molecule has 1 atom stereocenters. The Morgan fingerprint density at radius 2 is 2.00 bits per heavy atom. The highest BCUT2D eigenvalue weighted by Crippen LogP contribution is 2.14. The van der Waals surface area contributed by atoms with Gasteiger partial charge in [-0.3, -0.25) is 4.79 Å². The maximum atomic E-state index is 12.1. The lowest BCUT2D eigenvalue weighted by Gasteiger charge is -2.23. The van der Waals surface area contributed by atoms with E-state index in [1.807, 2.05) is 19.1 Å². The molecule has 1 amide bonds. The van der Waals surface area contributed by atoms with Crippen LogP contribution in [0.15, 0.2) is 24.3 Å². The van der Waals surface area contributed by atoms with Gasteiger partial charge in [0, 0.05) is 25.2 Å². The molecule has 1 aromatic carbocycles. The number of hydrogen-bond donors (Lipinski definition) is 1. The van der Waals surface area contributed by atoms with E-state index in [2.05, 4.69) is 6.92 Å². The molecule has 0 saturated heterocycles. The van der Waals surface area contributed by atoms with Gasteiger partial charge < -0.3 is 15.4 Å². The second-order valence-corrected chi connectivity index (χ2v) is 4.73. The quantitative estimate of drug-likeness (QED) is 0.769. The molecule has 0 aliphatic carbocycles. The second-order valence-electron chi connectivity index (χ2n) is 4.73. The Kier molecular flexibility index (Phi) is 6.36. The predicted octanol–water partition coefficient (Wildman–Crippen LogP) is 2.28. The van der Waals surface area contributed by atoms with Crippen LogP contribution in [0.2, 0.25) is 0 Å². The van der Waals surface area contributed by atoms with Gasteiger partial charge >= 0.3 is 0 Å². The number of unbranched alkanes of at least 4 members (excludes halogenated alkanes) is 1. The lowest BCUT2D eigenvalue weighted by molar-refractivity contribution is 0.0748. The van der Waals surface area contributed by atoms with Gasteiger partial charge in [0.05, 0.1) is 6.61 Å².